The fourth-order valence-electron chi connectivity index (χ4n) is 2.10. The SMILES string of the molecule is COC(=O)n1c(C)c(F)c2cc(OC(C)(C)C)ccc21. The van der Waals surface area contributed by atoms with Crippen LogP contribution in [-0.2, 0) is 4.74 Å². The first-order valence-corrected chi connectivity index (χ1v) is 6.32. The smallest absolute Gasteiger partial charge is 0.418 e. The molecule has 0 atom stereocenters. The van der Waals surface area contributed by atoms with Gasteiger partial charge in [0.15, 0.2) is 5.82 Å². The van der Waals surface area contributed by atoms with Crippen molar-refractivity contribution in [2.45, 2.75) is 33.3 Å². The van der Waals surface area contributed by atoms with Gasteiger partial charge in [-0.3, -0.25) is 0 Å². The highest BCUT2D eigenvalue weighted by Crippen LogP contribution is 2.29. The summed E-state index contributed by atoms with van der Waals surface area (Å²) in [5.74, 6) is 0.121. The Balaban J connectivity index is 2.60. The van der Waals surface area contributed by atoms with E-state index in [4.69, 9.17) is 4.74 Å². The molecule has 0 radical (unpaired) electrons. The van der Waals surface area contributed by atoms with Gasteiger partial charge >= 0.3 is 6.09 Å². The first-order chi connectivity index (χ1) is 9.24. The lowest BCUT2D eigenvalue weighted by Crippen LogP contribution is -2.22. The number of aromatic nitrogens is 1. The van der Waals surface area contributed by atoms with Crippen LogP contribution in [0.15, 0.2) is 18.2 Å². The molecule has 108 valence electrons. The average molecular weight is 279 g/mol. The van der Waals surface area contributed by atoms with Crippen molar-refractivity contribution in [1.29, 1.82) is 0 Å². The van der Waals surface area contributed by atoms with Gasteiger partial charge in [-0.2, -0.15) is 0 Å². The molecule has 0 unspecified atom stereocenters. The van der Waals surface area contributed by atoms with Crippen molar-refractivity contribution in [1.82, 2.24) is 4.57 Å². The number of ether oxygens (including phenoxy) is 2. The molecule has 20 heavy (non-hydrogen) atoms. The second-order valence-corrected chi connectivity index (χ2v) is 5.60. The van der Waals surface area contributed by atoms with Crippen molar-refractivity contribution in [2.75, 3.05) is 7.11 Å². The maximum atomic E-state index is 14.2. The van der Waals surface area contributed by atoms with E-state index >= 15 is 0 Å². The van der Waals surface area contributed by atoms with Gasteiger partial charge in [-0.05, 0) is 45.9 Å². The van der Waals surface area contributed by atoms with Crippen LogP contribution in [0.4, 0.5) is 9.18 Å². The summed E-state index contributed by atoms with van der Waals surface area (Å²) in [7, 11) is 1.27. The number of carbonyl (C=O) groups excluding carboxylic acids is 1. The molecule has 0 aliphatic carbocycles. The van der Waals surface area contributed by atoms with Gasteiger partial charge in [-0.25, -0.2) is 13.8 Å². The molecule has 0 bridgehead atoms. The van der Waals surface area contributed by atoms with Gasteiger partial charge in [0.05, 0.1) is 18.3 Å². The molecule has 0 aliphatic rings. The Morgan fingerprint density at radius 3 is 2.50 bits per heavy atom. The largest absolute Gasteiger partial charge is 0.488 e. The molecule has 0 saturated heterocycles. The van der Waals surface area contributed by atoms with E-state index in [0.717, 1.165) is 0 Å². The van der Waals surface area contributed by atoms with Crippen LogP contribution in [0.3, 0.4) is 0 Å². The number of hydrogen-bond acceptors (Lipinski definition) is 3. The highest BCUT2D eigenvalue weighted by molar-refractivity contribution is 5.92. The van der Waals surface area contributed by atoms with Gasteiger partial charge in [0, 0.05) is 5.39 Å². The molecule has 1 aromatic carbocycles. The van der Waals surface area contributed by atoms with Crippen molar-refractivity contribution in [3.63, 3.8) is 0 Å². The minimum absolute atomic E-state index is 0.222. The molecular weight excluding hydrogens is 261 g/mol. The number of benzene rings is 1. The van der Waals surface area contributed by atoms with E-state index in [1.165, 1.54) is 18.6 Å². The third-order valence-corrected chi connectivity index (χ3v) is 2.88. The van der Waals surface area contributed by atoms with E-state index in [0.29, 0.717) is 16.7 Å². The molecule has 1 aromatic heterocycles. The average Bonchev–Trinajstić information content (AvgIpc) is 2.60. The number of fused-ring (bicyclic) bond motifs is 1. The topological polar surface area (TPSA) is 40.5 Å². The first kappa shape index (κ1) is 14.4. The molecule has 0 aliphatic heterocycles. The van der Waals surface area contributed by atoms with Crippen LogP contribution in [0.5, 0.6) is 5.75 Å². The third kappa shape index (κ3) is 2.48. The van der Waals surface area contributed by atoms with Crippen LogP contribution in [0.1, 0.15) is 26.5 Å². The van der Waals surface area contributed by atoms with E-state index in [1.807, 2.05) is 20.8 Å². The lowest BCUT2D eigenvalue weighted by Gasteiger charge is -2.21. The van der Waals surface area contributed by atoms with Crippen LogP contribution >= 0.6 is 0 Å². The molecule has 0 N–H and O–H groups in total. The number of carbonyl (C=O) groups is 1. The van der Waals surface area contributed by atoms with E-state index in [9.17, 15) is 9.18 Å². The van der Waals surface area contributed by atoms with Crippen LogP contribution in [0, 0.1) is 12.7 Å². The monoisotopic (exact) mass is 279 g/mol. The van der Waals surface area contributed by atoms with E-state index in [-0.39, 0.29) is 11.3 Å². The van der Waals surface area contributed by atoms with Crippen molar-refractivity contribution in [3.05, 3.63) is 29.7 Å². The summed E-state index contributed by atoms with van der Waals surface area (Å²) >= 11 is 0. The van der Waals surface area contributed by atoms with Crippen LogP contribution < -0.4 is 4.74 Å². The number of rotatable bonds is 1. The number of halogens is 1. The molecule has 2 rings (SSSR count). The second kappa shape index (κ2) is 4.81. The summed E-state index contributed by atoms with van der Waals surface area (Å²) in [5, 5.41) is 0.342. The van der Waals surface area contributed by atoms with E-state index in [2.05, 4.69) is 4.74 Å². The first-order valence-electron chi connectivity index (χ1n) is 6.32. The normalized spacial score (nSPS) is 11.7. The molecule has 0 saturated carbocycles. The number of hydrogen-bond donors (Lipinski definition) is 0. The van der Waals surface area contributed by atoms with Crippen molar-refractivity contribution in [3.8, 4) is 5.75 Å². The lowest BCUT2D eigenvalue weighted by molar-refractivity contribution is 0.131. The summed E-state index contributed by atoms with van der Waals surface area (Å²) in [4.78, 5) is 11.7. The van der Waals surface area contributed by atoms with Crippen molar-refractivity contribution >= 4 is 17.0 Å². The molecule has 4 nitrogen and oxygen atoms in total. The summed E-state index contributed by atoms with van der Waals surface area (Å²) in [6.07, 6.45) is -0.610. The van der Waals surface area contributed by atoms with Gasteiger partial charge in [0.1, 0.15) is 11.4 Å². The Morgan fingerprint density at radius 2 is 1.95 bits per heavy atom. The molecule has 0 fully saturated rings. The maximum Gasteiger partial charge on any atom is 0.418 e. The summed E-state index contributed by atoms with van der Waals surface area (Å²) in [5.41, 5.74) is 0.317. The highest BCUT2D eigenvalue weighted by Gasteiger charge is 2.20. The molecule has 0 amide bonds. The van der Waals surface area contributed by atoms with Crippen molar-refractivity contribution < 1.29 is 18.7 Å². The van der Waals surface area contributed by atoms with Crippen LogP contribution in [0.25, 0.3) is 10.9 Å². The zero-order valence-electron chi connectivity index (χ0n) is 12.3. The van der Waals surface area contributed by atoms with Gasteiger partial charge in [-0.15, -0.1) is 0 Å². The molecule has 1 heterocycles. The van der Waals surface area contributed by atoms with Crippen LogP contribution in [-0.4, -0.2) is 23.4 Å². The predicted molar refractivity (Wildman–Crippen MR) is 74.8 cm³/mol. The van der Waals surface area contributed by atoms with E-state index < -0.39 is 11.9 Å². The second-order valence-electron chi connectivity index (χ2n) is 5.60. The van der Waals surface area contributed by atoms with Gasteiger partial charge < -0.3 is 9.47 Å². The van der Waals surface area contributed by atoms with Gasteiger partial charge in [0.25, 0.3) is 0 Å². The summed E-state index contributed by atoms with van der Waals surface area (Å²) < 4.78 is 25.8. The Labute approximate surface area is 117 Å². The summed E-state index contributed by atoms with van der Waals surface area (Å²) in [6.45, 7) is 7.28. The Morgan fingerprint density at radius 1 is 1.30 bits per heavy atom. The minimum Gasteiger partial charge on any atom is -0.488 e. The quantitative estimate of drug-likeness (QED) is 0.795. The third-order valence-electron chi connectivity index (χ3n) is 2.88. The maximum absolute atomic E-state index is 14.2. The Hall–Kier alpha value is -2.04. The molecule has 5 heteroatoms. The zero-order valence-corrected chi connectivity index (χ0v) is 12.3. The fraction of sp³-hybridized carbons (Fsp3) is 0.400. The van der Waals surface area contributed by atoms with E-state index in [1.54, 1.807) is 18.2 Å². The number of methoxy groups -OCH3 is 1. The minimum atomic E-state index is -0.610. The molecule has 2 aromatic rings. The molecule has 0 spiro atoms. The molecular formula is C15H18FNO3. The zero-order chi connectivity index (χ0) is 15.1. The van der Waals surface area contributed by atoms with Crippen molar-refractivity contribution in [2.24, 2.45) is 0 Å². The lowest BCUT2D eigenvalue weighted by atomic mass is 10.2. The van der Waals surface area contributed by atoms with Crippen LogP contribution in [0.2, 0.25) is 0 Å². The highest BCUT2D eigenvalue weighted by atomic mass is 19.1. The Kier molecular flexibility index (Phi) is 3.46. The number of nitrogens with zero attached hydrogens (tertiary/aromatic N) is 1. The fourth-order valence-corrected chi connectivity index (χ4v) is 2.10. The standard InChI is InChI=1S/C15H18FNO3/c1-9-13(16)11-8-10(20-15(2,3)4)6-7-12(11)17(9)14(18)19-5/h6-8H,1-5H3. The predicted octanol–water partition coefficient (Wildman–Crippen LogP) is 3.88. The van der Waals surface area contributed by atoms with Gasteiger partial charge in [0.2, 0.25) is 0 Å². The Bertz CT molecular complexity index is 668. The van der Waals surface area contributed by atoms with Gasteiger partial charge in [-0.1, -0.05) is 0 Å². The summed E-state index contributed by atoms with van der Waals surface area (Å²) in [6, 6.07) is 4.97.